The van der Waals surface area contributed by atoms with Crippen LogP contribution in [0.4, 0.5) is 5.69 Å². The lowest BCUT2D eigenvalue weighted by molar-refractivity contribution is -0.116. The molecule has 1 atom stereocenters. The Labute approximate surface area is 172 Å². The number of amides is 1. The molecule has 1 saturated heterocycles. The highest BCUT2D eigenvalue weighted by Crippen LogP contribution is 2.30. The number of nitrogens with one attached hydrogen (secondary N) is 1. The van der Waals surface area contributed by atoms with Crippen LogP contribution in [0.15, 0.2) is 53.4 Å². The summed E-state index contributed by atoms with van der Waals surface area (Å²) in [6.07, 6.45) is 3.08. The fraction of sp³-hybridized carbons (Fsp3) is 0.409. The van der Waals surface area contributed by atoms with E-state index in [1.807, 2.05) is 37.3 Å². The van der Waals surface area contributed by atoms with Gasteiger partial charge in [0.15, 0.2) is 0 Å². The van der Waals surface area contributed by atoms with E-state index in [1.54, 1.807) is 6.07 Å². The van der Waals surface area contributed by atoms with Gasteiger partial charge in [0.05, 0.1) is 17.7 Å². The number of rotatable bonds is 7. The van der Waals surface area contributed by atoms with E-state index in [9.17, 15) is 13.2 Å². The minimum Gasteiger partial charge on any atom is -0.495 e. The number of hydrogen-bond donors (Lipinski definition) is 1. The Bertz CT molecular complexity index is 939. The van der Waals surface area contributed by atoms with E-state index >= 15 is 0 Å². The third-order valence-electron chi connectivity index (χ3n) is 5.26. The zero-order chi connectivity index (χ0) is 20.9. The molecule has 2 aromatic rings. The summed E-state index contributed by atoms with van der Waals surface area (Å²) in [5.41, 5.74) is 1.45. The Balaban J connectivity index is 1.77. The summed E-state index contributed by atoms with van der Waals surface area (Å²) in [6, 6.07) is 14.4. The third-order valence-corrected chi connectivity index (χ3v) is 7.15. The van der Waals surface area contributed by atoms with Gasteiger partial charge in [-0.05, 0) is 42.5 Å². The van der Waals surface area contributed by atoms with Crippen LogP contribution in [0.2, 0.25) is 0 Å². The van der Waals surface area contributed by atoms with Gasteiger partial charge in [0, 0.05) is 19.5 Å². The van der Waals surface area contributed by atoms with Crippen LogP contribution in [-0.2, 0) is 14.8 Å². The zero-order valence-corrected chi connectivity index (χ0v) is 17.7. The SMILES string of the molecule is COc1ccc(S(=O)(=O)N2CCCCC2)cc1NC(=O)C[C@@H](C)c1ccccc1. The standard InChI is InChI=1S/C22H28N2O4S/c1-17(18-9-5-3-6-10-18)15-22(25)23-20-16-19(11-12-21(20)28-2)29(26,27)24-13-7-4-8-14-24/h3,5-6,9-12,16-17H,4,7-8,13-15H2,1-2H3,(H,23,25)/t17-/m1/s1. The smallest absolute Gasteiger partial charge is 0.243 e. The number of hydrogen-bond acceptors (Lipinski definition) is 4. The normalized spacial score (nSPS) is 16.2. The fourth-order valence-electron chi connectivity index (χ4n) is 3.58. The number of piperidine rings is 1. The van der Waals surface area contributed by atoms with Crippen LogP contribution in [0.1, 0.15) is 44.1 Å². The molecule has 2 aromatic carbocycles. The van der Waals surface area contributed by atoms with E-state index in [0.717, 1.165) is 24.8 Å². The van der Waals surface area contributed by atoms with Crippen molar-refractivity contribution in [3.63, 3.8) is 0 Å². The minimum atomic E-state index is -3.58. The summed E-state index contributed by atoms with van der Waals surface area (Å²) < 4.78 is 32.8. The second kappa shape index (κ2) is 9.41. The van der Waals surface area contributed by atoms with E-state index in [2.05, 4.69) is 5.32 Å². The molecule has 156 valence electrons. The van der Waals surface area contributed by atoms with Crippen molar-refractivity contribution in [1.29, 1.82) is 0 Å². The van der Waals surface area contributed by atoms with Gasteiger partial charge in [-0.3, -0.25) is 4.79 Å². The van der Waals surface area contributed by atoms with Crippen molar-refractivity contribution in [2.45, 2.75) is 43.4 Å². The van der Waals surface area contributed by atoms with E-state index in [1.165, 1.54) is 23.5 Å². The molecule has 0 bridgehead atoms. The van der Waals surface area contributed by atoms with Gasteiger partial charge in [0.25, 0.3) is 0 Å². The Hall–Kier alpha value is -2.38. The molecular weight excluding hydrogens is 388 g/mol. The van der Waals surface area contributed by atoms with Crippen LogP contribution < -0.4 is 10.1 Å². The number of nitrogens with zero attached hydrogens (tertiary/aromatic N) is 1. The number of sulfonamides is 1. The maximum absolute atomic E-state index is 13.0. The molecule has 6 nitrogen and oxygen atoms in total. The van der Waals surface area contributed by atoms with Crippen molar-refractivity contribution in [3.8, 4) is 5.75 Å². The monoisotopic (exact) mass is 416 g/mol. The second-order valence-corrected chi connectivity index (χ2v) is 9.33. The molecule has 29 heavy (non-hydrogen) atoms. The first-order valence-corrected chi connectivity index (χ1v) is 11.4. The molecule has 0 saturated carbocycles. The first-order valence-electron chi connectivity index (χ1n) is 9.95. The quantitative estimate of drug-likeness (QED) is 0.740. The first-order chi connectivity index (χ1) is 13.9. The molecular formula is C22H28N2O4S. The summed E-state index contributed by atoms with van der Waals surface area (Å²) >= 11 is 0. The topological polar surface area (TPSA) is 75.7 Å². The molecule has 7 heteroatoms. The molecule has 3 rings (SSSR count). The minimum absolute atomic E-state index is 0.0439. The van der Waals surface area contributed by atoms with Crippen molar-refractivity contribution in [2.75, 3.05) is 25.5 Å². The lowest BCUT2D eigenvalue weighted by atomic mass is 9.97. The summed E-state index contributed by atoms with van der Waals surface area (Å²) in [5.74, 6) is 0.290. The first kappa shape index (κ1) is 21.3. The lowest BCUT2D eigenvalue weighted by Gasteiger charge is -2.26. The van der Waals surface area contributed by atoms with Crippen molar-refractivity contribution in [2.24, 2.45) is 0 Å². The maximum Gasteiger partial charge on any atom is 0.243 e. The van der Waals surface area contributed by atoms with Crippen LogP contribution in [0.3, 0.4) is 0 Å². The predicted octanol–water partition coefficient (Wildman–Crippen LogP) is 4.00. The number of carbonyl (C=O) groups excluding carboxylic acids is 1. The predicted molar refractivity (Wildman–Crippen MR) is 114 cm³/mol. The van der Waals surface area contributed by atoms with Crippen LogP contribution in [-0.4, -0.2) is 38.8 Å². The molecule has 1 heterocycles. The number of benzene rings is 2. The van der Waals surface area contributed by atoms with Crippen LogP contribution in [0, 0.1) is 0 Å². The van der Waals surface area contributed by atoms with Gasteiger partial charge in [0.1, 0.15) is 5.75 Å². The van der Waals surface area contributed by atoms with Gasteiger partial charge >= 0.3 is 0 Å². The molecule has 1 aliphatic rings. The number of ether oxygens (including phenoxy) is 1. The van der Waals surface area contributed by atoms with Gasteiger partial charge in [-0.2, -0.15) is 4.31 Å². The summed E-state index contributed by atoms with van der Waals surface area (Å²) in [5, 5.41) is 2.83. The molecule has 0 aromatic heterocycles. The van der Waals surface area contributed by atoms with Gasteiger partial charge in [0.2, 0.25) is 15.9 Å². The highest BCUT2D eigenvalue weighted by Gasteiger charge is 2.27. The highest BCUT2D eigenvalue weighted by atomic mass is 32.2. The van der Waals surface area contributed by atoms with E-state index in [-0.39, 0.29) is 23.1 Å². The van der Waals surface area contributed by atoms with Crippen LogP contribution in [0.5, 0.6) is 5.75 Å². The molecule has 0 spiro atoms. The number of anilines is 1. The van der Waals surface area contributed by atoms with Crippen molar-refractivity contribution in [1.82, 2.24) is 4.31 Å². The lowest BCUT2D eigenvalue weighted by Crippen LogP contribution is -2.35. The molecule has 1 N–H and O–H groups in total. The Kier molecular flexibility index (Phi) is 6.92. The Morgan fingerprint density at radius 3 is 2.45 bits per heavy atom. The summed E-state index contributed by atoms with van der Waals surface area (Å²) in [7, 11) is -2.09. The number of carbonyl (C=O) groups is 1. The average molecular weight is 417 g/mol. The summed E-state index contributed by atoms with van der Waals surface area (Å²) in [6.45, 7) is 3.05. The highest BCUT2D eigenvalue weighted by molar-refractivity contribution is 7.89. The van der Waals surface area contributed by atoms with Gasteiger partial charge < -0.3 is 10.1 Å². The van der Waals surface area contributed by atoms with Crippen molar-refractivity contribution < 1.29 is 17.9 Å². The Morgan fingerprint density at radius 2 is 1.79 bits per heavy atom. The summed E-state index contributed by atoms with van der Waals surface area (Å²) in [4.78, 5) is 12.8. The fourth-order valence-corrected chi connectivity index (χ4v) is 5.12. The van der Waals surface area contributed by atoms with E-state index < -0.39 is 10.0 Å². The number of methoxy groups -OCH3 is 1. The van der Waals surface area contributed by atoms with E-state index in [0.29, 0.717) is 24.5 Å². The zero-order valence-electron chi connectivity index (χ0n) is 16.9. The molecule has 0 unspecified atom stereocenters. The Morgan fingerprint density at radius 1 is 1.10 bits per heavy atom. The molecule has 1 aliphatic heterocycles. The van der Waals surface area contributed by atoms with Crippen molar-refractivity contribution >= 4 is 21.6 Å². The molecule has 1 amide bonds. The average Bonchev–Trinajstić information content (AvgIpc) is 2.74. The van der Waals surface area contributed by atoms with E-state index in [4.69, 9.17) is 4.74 Å². The van der Waals surface area contributed by atoms with Gasteiger partial charge in [-0.15, -0.1) is 0 Å². The molecule has 1 fully saturated rings. The molecule has 0 aliphatic carbocycles. The maximum atomic E-state index is 13.0. The third kappa shape index (κ3) is 5.16. The van der Waals surface area contributed by atoms with Crippen LogP contribution in [0.25, 0.3) is 0 Å². The van der Waals surface area contributed by atoms with Gasteiger partial charge in [-0.1, -0.05) is 43.7 Å². The second-order valence-electron chi connectivity index (χ2n) is 7.39. The van der Waals surface area contributed by atoms with Crippen molar-refractivity contribution in [3.05, 3.63) is 54.1 Å². The molecule has 0 radical (unpaired) electrons. The largest absolute Gasteiger partial charge is 0.495 e. The van der Waals surface area contributed by atoms with Gasteiger partial charge in [-0.25, -0.2) is 8.42 Å². The van der Waals surface area contributed by atoms with Crippen LogP contribution >= 0.6 is 0 Å².